The first-order valence-corrected chi connectivity index (χ1v) is 11.9. The van der Waals surface area contributed by atoms with Crippen molar-refractivity contribution < 1.29 is 13.2 Å². The smallest absolute Gasteiger partial charge is 0.233 e. The van der Waals surface area contributed by atoms with Gasteiger partial charge < -0.3 is 5.32 Å². The summed E-state index contributed by atoms with van der Waals surface area (Å²) in [4.78, 5) is 17.5. The van der Waals surface area contributed by atoms with Gasteiger partial charge in [-0.3, -0.25) is 9.52 Å². The molecule has 1 aliphatic rings. The molecule has 1 aliphatic carbocycles. The zero-order valence-corrected chi connectivity index (χ0v) is 17.7. The van der Waals surface area contributed by atoms with Gasteiger partial charge in [0.25, 0.3) is 0 Å². The monoisotopic (exact) mass is 427 g/mol. The molecule has 0 fully saturated rings. The second-order valence-electron chi connectivity index (χ2n) is 7.52. The molecule has 29 heavy (non-hydrogen) atoms. The third-order valence-corrected chi connectivity index (χ3v) is 6.55. The molecule has 0 radical (unpaired) electrons. The number of carbonyl (C=O) groups is 1. The van der Waals surface area contributed by atoms with Crippen LogP contribution in [0.5, 0.6) is 0 Å². The van der Waals surface area contributed by atoms with E-state index in [4.69, 9.17) is 0 Å². The summed E-state index contributed by atoms with van der Waals surface area (Å²) >= 11 is 1.38. The lowest BCUT2D eigenvalue weighted by atomic mass is 9.73. The van der Waals surface area contributed by atoms with E-state index in [0.29, 0.717) is 17.2 Å². The van der Waals surface area contributed by atoms with Crippen molar-refractivity contribution in [3.63, 3.8) is 0 Å². The van der Waals surface area contributed by atoms with Crippen molar-refractivity contribution >= 4 is 38.1 Å². The molecule has 0 spiro atoms. The normalized spacial score (nSPS) is 20.8. The van der Waals surface area contributed by atoms with Gasteiger partial charge in [-0.05, 0) is 42.2 Å². The number of rotatable bonds is 5. The molecule has 2 aromatic carbocycles. The van der Waals surface area contributed by atoms with Crippen LogP contribution < -0.4 is 10.0 Å². The van der Waals surface area contributed by atoms with Gasteiger partial charge in [-0.25, -0.2) is 13.4 Å². The number of benzene rings is 2. The third-order valence-electron chi connectivity index (χ3n) is 5.26. The Morgan fingerprint density at radius 3 is 2.62 bits per heavy atom. The number of sulfonamides is 1. The van der Waals surface area contributed by atoms with E-state index in [0.717, 1.165) is 22.9 Å². The van der Waals surface area contributed by atoms with Gasteiger partial charge >= 0.3 is 0 Å². The van der Waals surface area contributed by atoms with Crippen LogP contribution in [0.25, 0.3) is 0 Å². The molecule has 2 atom stereocenters. The SMILES string of the molecule is C[C@]1(C(=O)Nc2nccs2)Cc2ccc(NS(C)(=O)=O)cc2[C@H]1c1ccccc1. The number of nitrogens with zero attached hydrogens (tertiary/aromatic N) is 1. The molecule has 8 heteroatoms. The maximum absolute atomic E-state index is 13.3. The van der Waals surface area contributed by atoms with Gasteiger partial charge in [-0.15, -0.1) is 11.3 Å². The number of aromatic nitrogens is 1. The van der Waals surface area contributed by atoms with Crippen LogP contribution in [0.4, 0.5) is 10.8 Å². The van der Waals surface area contributed by atoms with Gasteiger partial charge in [0.1, 0.15) is 0 Å². The summed E-state index contributed by atoms with van der Waals surface area (Å²) in [5, 5.41) is 5.34. The zero-order valence-electron chi connectivity index (χ0n) is 16.0. The Hall–Kier alpha value is -2.71. The van der Waals surface area contributed by atoms with Crippen LogP contribution in [0, 0.1) is 5.41 Å². The van der Waals surface area contributed by atoms with Gasteiger partial charge in [0, 0.05) is 23.2 Å². The van der Waals surface area contributed by atoms with Crippen molar-refractivity contribution in [2.45, 2.75) is 19.3 Å². The molecule has 1 amide bonds. The topological polar surface area (TPSA) is 88.2 Å². The minimum absolute atomic E-state index is 0.102. The van der Waals surface area contributed by atoms with Gasteiger partial charge in [0.2, 0.25) is 15.9 Å². The summed E-state index contributed by atoms with van der Waals surface area (Å²) in [5.41, 5.74) is 2.77. The maximum Gasteiger partial charge on any atom is 0.233 e. The molecule has 0 saturated heterocycles. The molecule has 0 saturated carbocycles. The summed E-state index contributed by atoms with van der Waals surface area (Å²) in [6, 6.07) is 15.3. The Morgan fingerprint density at radius 2 is 1.97 bits per heavy atom. The highest BCUT2D eigenvalue weighted by Gasteiger charge is 2.49. The number of hydrogen-bond acceptors (Lipinski definition) is 5. The summed E-state index contributed by atoms with van der Waals surface area (Å²) in [6.45, 7) is 1.96. The van der Waals surface area contributed by atoms with Gasteiger partial charge in [0.05, 0.1) is 11.7 Å². The van der Waals surface area contributed by atoms with E-state index < -0.39 is 15.4 Å². The van der Waals surface area contributed by atoms with Crippen molar-refractivity contribution in [3.05, 3.63) is 76.8 Å². The Morgan fingerprint density at radius 1 is 1.21 bits per heavy atom. The van der Waals surface area contributed by atoms with Crippen molar-refractivity contribution in [1.29, 1.82) is 0 Å². The largest absolute Gasteiger partial charge is 0.301 e. The minimum atomic E-state index is -3.39. The van der Waals surface area contributed by atoms with E-state index in [9.17, 15) is 13.2 Å². The molecule has 0 unspecified atom stereocenters. The fraction of sp³-hybridized carbons (Fsp3) is 0.238. The number of thiazole rings is 1. The fourth-order valence-corrected chi connectivity index (χ4v) is 5.15. The lowest BCUT2D eigenvalue weighted by molar-refractivity contribution is -0.125. The standard InChI is InChI=1S/C21H21N3O3S2/c1-21(19(25)23-20-22-10-11-28-20)13-15-8-9-16(24-29(2,26)27)12-17(15)18(21)14-6-4-3-5-7-14/h3-12,18,24H,13H2,1-2H3,(H,22,23,25)/t18-,21+/m1/s1. The highest BCUT2D eigenvalue weighted by molar-refractivity contribution is 7.92. The van der Waals surface area contributed by atoms with Gasteiger partial charge in [0.15, 0.2) is 5.13 Å². The van der Waals surface area contributed by atoms with E-state index in [1.54, 1.807) is 12.3 Å². The van der Waals surface area contributed by atoms with Crippen LogP contribution in [0.2, 0.25) is 0 Å². The predicted molar refractivity (Wildman–Crippen MR) is 116 cm³/mol. The minimum Gasteiger partial charge on any atom is -0.301 e. The molecule has 2 N–H and O–H groups in total. The molecular weight excluding hydrogens is 406 g/mol. The van der Waals surface area contributed by atoms with Crippen molar-refractivity contribution in [2.75, 3.05) is 16.3 Å². The number of anilines is 2. The molecule has 3 aromatic rings. The quantitative estimate of drug-likeness (QED) is 0.647. The van der Waals surface area contributed by atoms with Crippen molar-refractivity contribution in [2.24, 2.45) is 5.41 Å². The van der Waals surface area contributed by atoms with Crippen LogP contribution in [0.1, 0.15) is 29.5 Å². The van der Waals surface area contributed by atoms with Crippen molar-refractivity contribution in [1.82, 2.24) is 4.98 Å². The van der Waals surface area contributed by atoms with Crippen LogP contribution >= 0.6 is 11.3 Å². The Labute approximate surface area is 174 Å². The number of carbonyl (C=O) groups excluding carboxylic acids is 1. The molecular formula is C21H21N3O3S2. The van der Waals surface area contributed by atoms with Gasteiger partial charge in [-0.1, -0.05) is 36.4 Å². The Balaban J connectivity index is 1.78. The summed E-state index contributed by atoms with van der Waals surface area (Å²) in [6.07, 6.45) is 3.34. The Bertz CT molecular complexity index is 1150. The lowest BCUT2D eigenvalue weighted by Gasteiger charge is -2.31. The van der Waals surface area contributed by atoms with Crippen LogP contribution in [-0.2, 0) is 21.2 Å². The second kappa shape index (κ2) is 7.27. The van der Waals surface area contributed by atoms with E-state index in [1.807, 2.05) is 54.8 Å². The highest BCUT2D eigenvalue weighted by atomic mass is 32.2. The van der Waals surface area contributed by atoms with Gasteiger partial charge in [-0.2, -0.15) is 0 Å². The van der Waals surface area contributed by atoms with E-state index in [-0.39, 0.29) is 11.8 Å². The maximum atomic E-state index is 13.3. The third kappa shape index (κ3) is 3.90. The second-order valence-corrected chi connectivity index (χ2v) is 10.2. The molecule has 0 aliphatic heterocycles. The molecule has 150 valence electrons. The van der Waals surface area contributed by atoms with Crippen LogP contribution in [0.15, 0.2) is 60.1 Å². The number of fused-ring (bicyclic) bond motifs is 1. The first-order valence-electron chi connectivity index (χ1n) is 9.13. The lowest BCUT2D eigenvalue weighted by Crippen LogP contribution is -2.37. The van der Waals surface area contributed by atoms with Crippen LogP contribution in [0.3, 0.4) is 0 Å². The first-order chi connectivity index (χ1) is 13.8. The van der Waals surface area contributed by atoms with E-state index in [1.165, 1.54) is 11.3 Å². The summed E-state index contributed by atoms with van der Waals surface area (Å²) < 4.78 is 25.9. The molecule has 4 rings (SSSR count). The average molecular weight is 428 g/mol. The fourth-order valence-electron chi connectivity index (χ4n) is 4.07. The zero-order chi connectivity index (χ0) is 20.6. The van der Waals surface area contributed by atoms with Crippen LogP contribution in [-0.4, -0.2) is 25.6 Å². The molecule has 1 aromatic heterocycles. The predicted octanol–water partition coefficient (Wildman–Crippen LogP) is 3.85. The number of nitrogens with one attached hydrogen (secondary N) is 2. The molecule has 6 nitrogen and oxygen atoms in total. The van der Waals surface area contributed by atoms with E-state index >= 15 is 0 Å². The summed E-state index contributed by atoms with van der Waals surface area (Å²) in [5.74, 6) is -0.310. The molecule has 0 bridgehead atoms. The highest BCUT2D eigenvalue weighted by Crippen LogP contribution is 2.52. The van der Waals surface area contributed by atoms with Crippen molar-refractivity contribution in [3.8, 4) is 0 Å². The Kier molecular flexibility index (Phi) is 4.92. The number of hydrogen-bond donors (Lipinski definition) is 2. The molecule has 1 heterocycles. The summed E-state index contributed by atoms with van der Waals surface area (Å²) in [7, 11) is -3.39. The average Bonchev–Trinajstić information content (AvgIpc) is 3.26. The number of amides is 1. The first kappa shape index (κ1) is 19.6. The van der Waals surface area contributed by atoms with E-state index in [2.05, 4.69) is 15.0 Å².